The number of hydrogen-bond donors (Lipinski definition) is 3. The zero-order chi connectivity index (χ0) is 16.9. The number of aryl methyl sites for hydroxylation is 1. The molecule has 2 heterocycles. The minimum atomic E-state index is -0.879. The molecule has 1 atom stereocenters. The molecule has 0 saturated heterocycles. The van der Waals surface area contributed by atoms with Gasteiger partial charge in [-0.25, -0.2) is 9.18 Å². The summed E-state index contributed by atoms with van der Waals surface area (Å²) < 4.78 is 14.9. The second kappa shape index (κ2) is 7.39. The van der Waals surface area contributed by atoms with Gasteiger partial charge in [-0.2, -0.15) is 0 Å². The lowest BCUT2D eigenvalue weighted by Crippen LogP contribution is -2.38. The summed E-state index contributed by atoms with van der Waals surface area (Å²) in [5, 5.41) is 23.5. The normalized spacial score (nSPS) is 14.2. The number of amides is 2. The van der Waals surface area contributed by atoms with Gasteiger partial charge in [0, 0.05) is 32.5 Å². The van der Waals surface area contributed by atoms with E-state index in [4.69, 9.17) is 0 Å². The number of benzene rings is 1. The van der Waals surface area contributed by atoms with E-state index in [1.54, 1.807) is 0 Å². The number of urea groups is 1. The van der Waals surface area contributed by atoms with E-state index in [0.717, 1.165) is 31.0 Å². The van der Waals surface area contributed by atoms with Crippen LogP contribution in [0.1, 0.15) is 29.7 Å². The highest BCUT2D eigenvalue weighted by Gasteiger charge is 2.17. The van der Waals surface area contributed by atoms with Crippen LogP contribution in [0.15, 0.2) is 24.3 Å². The molecule has 8 heteroatoms. The molecule has 0 saturated carbocycles. The van der Waals surface area contributed by atoms with Crippen molar-refractivity contribution in [2.75, 3.05) is 13.1 Å². The van der Waals surface area contributed by atoms with Crippen LogP contribution >= 0.6 is 0 Å². The summed E-state index contributed by atoms with van der Waals surface area (Å²) in [6.45, 7) is 1.43. The Labute approximate surface area is 138 Å². The highest BCUT2D eigenvalue weighted by molar-refractivity contribution is 5.73. The minimum absolute atomic E-state index is 0.0534. The maximum Gasteiger partial charge on any atom is 0.314 e. The van der Waals surface area contributed by atoms with Crippen molar-refractivity contribution in [1.29, 1.82) is 0 Å². The first-order chi connectivity index (χ1) is 11.6. The number of carbonyl (C=O) groups excluding carboxylic acids is 1. The number of carbonyl (C=O) groups is 1. The van der Waals surface area contributed by atoms with Gasteiger partial charge in [0.1, 0.15) is 17.5 Å². The van der Waals surface area contributed by atoms with Crippen LogP contribution in [0.4, 0.5) is 9.18 Å². The van der Waals surface area contributed by atoms with Gasteiger partial charge in [0.2, 0.25) is 0 Å². The molecule has 7 nitrogen and oxygen atoms in total. The number of aliphatic hydroxyl groups excluding tert-OH is 1. The standard InChI is InChI=1S/C16H20FN5O2/c17-12-5-3-11(4-6-12)13(23)10-19-16(24)18-8-7-15-21-20-14-2-1-9-22(14)15/h3-6,13,23H,1-2,7-10H2,(H2,18,19,24). The number of halogens is 1. The van der Waals surface area contributed by atoms with Gasteiger partial charge in [-0.1, -0.05) is 12.1 Å². The molecule has 0 spiro atoms. The van der Waals surface area contributed by atoms with Crippen molar-refractivity contribution < 1.29 is 14.3 Å². The molecular formula is C16H20FN5O2. The Bertz CT molecular complexity index is 701. The molecule has 2 aromatic rings. The van der Waals surface area contributed by atoms with Crippen molar-refractivity contribution in [2.24, 2.45) is 0 Å². The average molecular weight is 333 g/mol. The molecule has 0 bridgehead atoms. The molecule has 1 aromatic heterocycles. The first-order valence-corrected chi connectivity index (χ1v) is 7.99. The molecule has 128 valence electrons. The average Bonchev–Trinajstić information content (AvgIpc) is 3.18. The lowest BCUT2D eigenvalue weighted by atomic mass is 10.1. The van der Waals surface area contributed by atoms with Crippen LogP contribution < -0.4 is 10.6 Å². The quantitative estimate of drug-likeness (QED) is 0.733. The third-order valence-electron chi connectivity index (χ3n) is 4.03. The largest absolute Gasteiger partial charge is 0.387 e. The van der Waals surface area contributed by atoms with Crippen molar-refractivity contribution in [2.45, 2.75) is 31.9 Å². The first kappa shape index (κ1) is 16.4. The van der Waals surface area contributed by atoms with Gasteiger partial charge in [0.25, 0.3) is 0 Å². The van der Waals surface area contributed by atoms with Crippen LogP contribution in [0.25, 0.3) is 0 Å². The Balaban J connectivity index is 1.38. The molecule has 3 N–H and O–H groups in total. The molecule has 0 radical (unpaired) electrons. The van der Waals surface area contributed by atoms with Crippen LogP contribution in [0.3, 0.4) is 0 Å². The number of nitrogens with one attached hydrogen (secondary N) is 2. The number of nitrogens with zero attached hydrogens (tertiary/aromatic N) is 3. The SMILES string of the molecule is O=C(NCCc1nnc2n1CCC2)NCC(O)c1ccc(F)cc1. The molecule has 1 aliphatic heterocycles. The monoisotopic (exact) mass is 333 g/mol. The molecule has 1 unspecified atom stereocenters. The van der Waals surface area contributed by atoms with Gasteiger partial charge in [-0.05, 0) is 24.1 Å². The first-order valence-electron chi connectivity index (χ1n) is 7.99. The number of fused-ring (bicyclic) bond motifs is 1. The number of hydrogen-bond acceptors (Lipinski definition) is 4. The van der Waals surface area contributed by atoms with E-state index < -0.39 is 6.10 Å². The predicted octanol–water partition coefficient (Wildman–Crippen LogP) is 0.939. The van der Waals surface area contributed by atoms with Crippen LogP contribution in [-0.2, 0) is 19.4 Å². The van der Waals surface area contributed by atoms with Gasteiger partial charge < -0.3 is 20.3 Å². The van der Waals surface area contributed by atoms with E-state index in [-0.39, 0.29) is 18.4 Å². The summed E-state index contributed by atoms with van der Waals surface area (Å²) in [6.07, 6.45) is 1.78. The van der Waals surface area contributed by atoms with Gasteiger partial charge in [0.05, 0.1) is 6.10 Å². The number of aromatic nitrogens is 3. The van der Waals surface area contributed by atoms with Crippen molar-refractivity contribution in [1.82, 2.24) is 25.4 Å². The van der Waals surface area contributed by atoms with Crippen molar-refractivity contribution >= 4 is 6.03 Å². The Morgan fingerprint density at radius 1 is 1.29 bits per heavy atom. The predicted molar refractivity (Wildman–Crippen MR) is 84.8 cm³/mol. The summed E-state index contributed by atoms with van der Waals surface area (Å²) in [6, 6.07) is 5.17. The third-order valence-corrected chi connectivity index (χ3v) is 4.03. The van der Waals surface area contributed by atoms with Crippen LogP contribution in [0.2, 0.25) is 0 Å². The summed E-state index contributed by atoms with van der Waals surface area (Å²) >= 11 is 0. The van der Waals surface area contributed by atoms with E-state index in [2.05, 4.69) is 25.4 Å². The fraction of sp³-hybridized carbons (Fsp3) is 0.438. The lowest BCUT2D eigenvalue weighted by Gasteiger charge is -2.13. The fourth-order valence-corrected chi connectivity index (χ4v) is 2.74. The molecule has 3 rings (SSSR count). The third kappa shape index (κ3) is 3.88. The van der Waals surface area contributed by atoms with Crippen molar-refractivity contribution in [3.8, 4) is 0 Å². The Morgan fingerprint density at radius 2 is 2.08 bits per heavy atom. The van der Waals surface area contributed by atoms with Crippen molar-refractivity contribution in [3.63, 3.8) is 0 Å². The van der Waals surface area contributed by atoms with Gasteiger partial charge in [0.15, 0.2) is 0 Å². The van der Waals surface area contributed by atoms with Gasteiger partial charge >= 0.3 is 6.03 Å². The van der Waals surface area contributed by atoms with E-state index in [0.29, 0.717) is 18.5 Å². The molecule has 0 fully saturated rings. The van der Waals surface area contributed by atoms with Crippen LogP contribution in [-0.4, -0.2) is 39.0 Å². The maximum atomic E-state index is 12.8. The van der Waals surface area contributed by atoms with Crippen molar-refractivity contribution in [3.05, 3.63) is 47.3 Å². The van der Waals surface area contributed by atoms with Gasteiger partial charge in [-0.3, -0.25) is 0 Å². The summed E-state index contributed by atoms with van der Waals surface area (Å²) in [5.74, 6) is 1.53. The minimum Gasteiger partial charge on any atom is -0.387 e. The zero-order valence-corrected chi connectivity index (χ0v) is 13.2. The van der Waals surface area contributed by atoms with E-state index >= 15 is 0 Å². The molecule has 2 amide bonds. The smallest absolute Gasteiger partial charge is 0.314 e. The summed E-state index contributed by atoms with van der Waals surface area (Å²) in [4.78, 5) is 11.8. The van der Waals surface area contributed by atoms with Crippen LogP contribution in [0.5, 0.6) is 0 Å². The lowest BCUT2D eigenvalue weighted by molar-refractivity contribution is 0.173. The molecule has 1 aliphatic rings. The Kier molecular flexibility index (Phi) is 5.05. The summed E-state index contributed by atoms with van der Waals surface area (Å²) in [5.41, 5.74) is 0.552. The Hall–Kier alpha value is -2.48. The second-order valence-electron chi connectivity index (χ2n) is 5.74. The molecular weight excluding hydrogens is 313 g/mol. The molecule has 24 heavy (non-hydrogen) atoms. The fourth-order valence-electron chi connectivity index (χ4n) is 2.74. The highest BCUT2D eigenvalue weighted by atomic mass is 19.1. The molecule has 0 aliphatic carbocycles. The second-order valence-corrected chi connectivity index (χ2v) is 5.74. The molecule has 1 aromatic carbocycles. The Morgan fingerprint density at radius 3 is 2.88 bits per heavy atom. The maximum absolute atomic E-state index is 12.8. The van der Waals surface area contributed by atoms with E-state index in [1.807, 2.05) is 0 Å². The zero-order valence-electron chi connectivity index (χ0n) is 13.2. The van der Waals surface area contributed by atoms with Gasteiger partial charge in [-0.15, -0.1) is 10.2 Å². The number of rotatable bonds is 6. The summed E-state index contributed by atoms with van der Waals surface area (Å²) in [7, 11) is 0. The van der Waals surface area contributed by atoms with E-state index in [9.17, 15) is 14.3 Å². The van der Waals surface area contributed by atoms with Crippen LogP contribution in [0, 0.1) is 5.82 Å². The topological polar surface area (TPSA) is 92.1 Å². The number of aliphatic hydroxyl groups is 1. The highest BCUT2D eigenvalue weighted by Crippen LogP contribution is 2.14. The van der Waals surface area contributed by atoms with E-state index in [1.165, 1.54) is 24.3 Å².